The second kappa shape index (κ2) is 7.96. The number of carbonyl (C=O) groups is 1. The van der Waals surface area contributed by atoms with E-state index in [-0.39, 0.29) is 17.6 Å². The predicted octanol–water partition coefficient (Wildman–Crippen LogP) is 2.32. The maximum atomic E-state index is 12.1. The molecule has 5 nitrogen and oxygen atoms in total. The largest absolute Gasteiger partial charge is 0.383 e. The van der Waals surface area contributed by atoms with Crippen LogP contribution in [0.25, 0.3) is 0 Å². The number of nitrogens with zero attached hydrogens (tertiary/aromatic N) is 1. The quantitative estimate of drug-likeness (QED) is 0.807. The fourth-order valence-corrected chi connectivity index (χ4v) is 1.79. The third-order valence-corrected chi connectivity index (χ3v) is 2.92. The molecule has 0 radical (unpaired) electrons. The van der Waals surface area contributed by atoms with Crippen LogP contribution in [0.3, 0.4) is 0 Å². The van der Waals surface area contributed by atoms with Crippen molar-refractivity contribution in [3.05, 3.63) is 22.8 Å². The van der Waals surface area contributed by atoms with Gasteiger partial charge < -0.3 is 15.4 Å². The van der Waals surface area contributed by atoms with Crippen molar-refractivity contribution in [1.29, 1.82) is 0 Å². The van der Waals surface area contributed by atoms with Crippen molar-refractivity contribution < 1.29 is 9.53 Å². The van der Waals surface area contributed by atoms with Crippen molar-refractivity contribution >= 4 is 23.3 Å². The van der Waals surface area contributed by atoms with Gasteiger partial charge in [0.1, 0.15) is 11.5 Å². The summed E-state index contributed by atoms with van der Waals surface area (Å²) >= 11 is 6.01. The Bertz CT molecular complexity index is 426. The lowest BCUT2D eigenvalue weighted by molar-refractivity contribution is 0.0890. The van der Waals surface area contributed by atoms with Gasteiger partial charge in [0.2, 0.25) is 0 Å². The van der Waals surface area contributed by atoms with Crippen LogP contribution in [0, 0.1) is 0 Å². The first-order valence-electron chi connectivity index (χ1n) is 6.32. The molecule has 0 bridgehead atoms. The van der Waals surface area contributed by atoms with E-state index in [0.29, 0.717) is 17.4 Å². The number of amides is 1. The molecule has 2 N–H and O–H groups in total. The highest BCUT2D eigenvalue weighted by atomic mass is 35.5. The molecule has 1 heterocycles. The van der Waals surface area contributed by atoms with E-state index < -0.39 is 0 Å². The Labute approximate surface area is 118 Å². The van der Waals surface area contributed by atoms with Gasteiger partial charge in [0.15, 0.2) is 0 Å². The van der Waals surface area contributed by atoms with Crippen LogP contribution in [0.1, 0.15) is 30.8 Å². The molecule has 0 saturated heterocycles. The van der Waals surface area contributed by atoms with Gasteiger partial charge in [-0.3, -0.25) is 4.79 Å². The first kappa shape index (κ1) is 15.7. The van der Waals surface area contributed by atoms with E-state index in [4.69, 9.17) is 16.3 Å². The van der Waals surface area contributed by atoms with Gasteiger partial charge in [-0.2, -0.15) is 0 Å². The normalized spacial score (nSPS) is 12.0. The molecule has 1 aromatic heterocycles. The number of methoxy groups -OCH3 is 1. The number of nitrogens with one attached hydrogen (secondary N) is 2. The maximum absolute atomic E-state index is 12.1. The molecular formula is C13H20ClN3O2. The third-order valence-electron chi connectivity index (χ3n) is 2.61. The highest BCUT2D eigenvalue weighted by molar-refractivity contribution is 6.33. The van der Waals surface area contributed by atoms with Crippen LogP contribution in [0.15, 0.2) is 12.1 Å². The van der Waals surface area contributed by atoms with E-state index >= 15 is 0 Å². The van der Waals surface area contributed by atoms with E-state index in [1.165, 1.54) is 0 Å². The molecule has 0 aliphatic heterocycles. The standard InChI is InChI=1S/C13H20ClN3O2/c1-4-9(8-19-3)16-13(18)12-10(14)6-7-11(17-12)15-5-2/h6-7,9H,4-5,8H2,1-3H3,(H,15,17)(H,16,18). The fraction of sp³-hybridized carbons (Fsp3) is 0.538. The molecule has 0 saturated carbocycles. The second-order valence-corrected chi connectivity index (χ2v) is 4.50. The fourth-order valence-electron chi connectivity index (χ4n) is 1.60. The predicted molar refractivity (Wildman–Crippen MR) is 76.8 cm³/mol. The van der Waals surface area contributed by atoms with Crippen LogP contribution >= 0.6 is 11.6 Å². The average molecular weight is 286 g/mol. The van der Waals surface area contributed by atoms with Gasteiger partial charge in [-0.1, -0.05) is 18.5 Å². The van der Waals surface area contributed by atoms with E-state index in [0.717, 1.165) is 13.0 Å². The van der Waals surface area contributed by atoms with Crippen molar-refractivity contribution in [2.24, 2.45) is 0 Å². The lowest BCUT2D eigenvalue weighted by Gasteiger charge is -2.16. The molecule has 1 rings (SSSR count). The van der Waals surface area contributed by atoms with E-state index in [2.05, 4.69) is 15.6 Å². The van der Waals surface area contributed by atoms with Crippen LogP contribution in [0.5, 0.6) is 0 Å². The number of halogens is 1. The zero-order valence-corrected chi connectivity index (χ0v) is 12.3. The van der Waals surface area contributed by atoms with Gasteiger partial charge in [0.25, 0.3) is 5.91 Å². The van der Waals surface area contributed by atoms with Gasteiger partial charge in [-0.05, 0) is 25.5 Å². The van der Waals surface area contributed by atoms with Crippen molar-refractivity contribution in [2.75, 3.05) is 25.6 Å². The van der Waals surface area contributed by atoms with Gasteiger partial charge in [0.05, 0.1) is 17.7 Å². The Morgan fingerprint density at radius 2 is 2.21 bits per heavy atom. The molecule has 19 heavy (non-hydrogen) atoms. The van der Waals surface area contributed by atoms with E-state index in [1.807, 2.05) is 13.8 Å². The number of carbonyl (C=O) groups excluding carboxylic acids is 1. The second-order valence-electron chi connectivity index (χ2n) is 4.09. The molecule has 6 heteroatoms. The van der Waals surface area contributed by atoms with Gasteiger partial charge in [-0.15, -0.1) is 0 Å². The summed E-state index contributed by atoms with van der Waals surface area (Å²) in [5.41, 5.74) is 0.231. The lowest BCUT2D eigenvalue weighted by Crippen LogP contribution is -2.38. The number of anilines is 1. The summed E-state index contributed by atoms with van der Waals surface area (Å²) in [6, 6.07) is 3.37. The molecule has 1 unspecified atom stereocenters. The summed E-state index contributed by atoms with van der Waals surface area (Å²) in [5.74, 6) is 0.352. The van der Waals surface area contributed by atoms with Gasteiger partial charge in [0, 0.05) is 13.7 Å². The molecule has 106 valence electrons. The van der Waals surface area contributed by atoms with Gasteiger partial charge >= 0.3 is 0 Å². The zero-order valence-electron chi connectivity index (χ0n) is 11.5. The van der Waals surface area contributed by atoms with Crippen molar-refractivity contribution in [3.8, 4) is 0 Å². The van der Waals surface area contributed by atoms with Crippen LogP contribution in [-0.4, -0.2) is 37.2 Å². The number of rotatable bonds is 7. The lowest BCUT2D eigenvalue weighted by atomic mass is 10.2. The number of ether oxygens (including phenoxy) is 1. The molecule has 1 amide bonds. The molecule has 1 aromatic rings. The average Bonchev–Trinajstić information content (AvgIpc) is 2.40. The molecule has 1 atom stereocenters. The first-order valence-corrected chi connectivity index (χ1v) is 6.70. The summed E-state index contributed by atoms with van der Waals surface area (Å²) in [4.78, 5) is 16.3. The number of aromatic nitrogens is 1. The third kappa shape index (κ3) is 4.69. The Morgan fingerprint density at radius 1 is 1.47 bits per heavy atom. The molecule has 0 aliphatic carbocycles. The summed E-state index contributed by atoms with van der Waals surface area (Å²) in [6.45, 7) is 5.14. The van der Waals surface area contributed by atoms with Crippen molar-refractivity contribution in [1.82, 2.24) is 10.3 Å². The Morgan fingerprint density at radius 3 is 2.79 bits per heavy atom. The topological polar surface area (TPSA) is 63.2 Å². The Balaban J connectivity index is 2.82. The zero-order chi connectivity index (χ0) is 14.3. The first-order chi connectivity index (χ1) is 9.12. The number of hydrogen-bond acceptors (Lipinski definition) is 4. The van der Waals surface area contributed by atoms with Crippen LogP contribution in [0.4, 0.5) is 5.82 Å². The minimum absolute atomic E-state index is 0.0434. The van der Waals surface area contributed by atoms with Crippen LogP contribution in [0.2, 0.25) is 5.02 Å². The molecule has 0 spiro atoms. The Kier molecular flexibility index (Phi) is 6.59. The highest BCUT2D eigenvalue weighted by Gasteiger charge is 2.16. The molecule has 0 aliphatic rings. The minimum atomic E-state index is -0.284. The smallest absolute Gasteiger partial charge is 0.271 e. The molecule has 0 aromatic carbocycles. The highest BCUT2D eigenvalue weighted by Crippen LogP contribution is 2.16. The summed E-state index contributed by atoms with van der Waals surface area (Å²) in [7, 11) is 1.60. The summed E-state index contributed by atoms with van der Waals surface area (Å²) in [6.07, 6.45) is 0.782. The van der Waals surface area contributed by atoms with Crippen LogP contribution < -0.4 is 10.6 Å². The summed E-state index contributed by atoms with van der Waals surface area (Å²) in [5, 5.41) is 6.24. The number of pyridine rings is 1. The minimum Gasteiger partial charge on any atom is -0.383 e. The van der Waals surface area contributed by atoms with Gasteiger partial charge in [-0.25, -0.2) is 4.98 Å². The Hall–Kier alpha value is -1.33. The van der Waals surface area contributed by atoms with E-state index in [9.17, 15) is 4.79 Å². The monoisotopic (exact) mass is 285 g/mol. The van der Waals surface area contributed by atoms with Crippen molar-refractivity contribution in [2.45, 2.75) is 26.3 Å². The summed E-state index contributed by atoms with van der Waals surface area (Å²) < 4.78 is 5.04. The molecule has 0 fully saturated rings. The maximum Gasteiger partial charge on any atom is 0.271 e. The van der Waals surface area contributed by atoms with Crippen molar-refractivity contribution in [3.63, 3.8) is 0 Å². The van der Waals surface area contributed by atoms with Crippen LogP contribution in [-0.2, 0) is 4.74 Å². The van der Waals surface area contributed by atoms with E-state index in [1.54, 1.807) is 19.2 Å². The SMILES string of the molecule is CCNc1ccc(Cl)c(C(=O)NC(CC)COC)n1. The molecular weight excluding hydrogens is 266 g/mol. The number of hydrogen-bond donors (Lipinski definition) is 2.